The minimum absolute atomic E-state index is 0.483. The van der Waals surface area contributed by atoms with Crippen molar-refractivity contribution in [2.45, 2.75) is 6.04 Å². The van der Waals surface area contributed by atoms with E-state index in [0.29, 0.717) is 16.2 Å². The molecule has 0 aliphatic rings. The Morgan fingerprint density at radius 1 is 1.09 bits per heavy atom. The maximum Gasteiger partial charge on any atom is 0.261 e. The van der Waals surface area contributed by atoms with Gasteiger partial charge in [0.1, 0.15) is 6.04 Å². The summed E-state index contributed by atoms with van der Waals surface area (Å²) in [7, 11) is 1.87. The second-order valence-corrected chi connectivity index (χ2v) is 7.59. The topological polar surface area (TPSA) is 53.3 Å². The van der Waals surface area contributed by atoms with Crippen LogP contribution in [0.2, 0.25) is 0 Å². The number of hydrogen-bond donors (Lipinski definition) is 0. The Morgan fingerprint density at radius 2 is 1.68 bits per heavy atom. The Balaban J connectivity index is 2.66. The maximum atomic E-state index is 13.5. The lowest BCUT2D eigenvalue weighted by atomic mass is 10.1. The fourth-order valence-electron chi connectivity index (χ4n) is 2.42. The molecular formula is C17H19N2O2P. The average molecular weight is 314 g/mol. The summed E-state index contributed by atoms with van der Waals surface area (Å²) in [6, 6.07) is 18.2. The summed E-state index contributed by atoms with van der Waals surface area (Å²) < 4.78 is 19.0. The van der Waals surface area contributed by atoms with E-state index in [0.717, 1.165) is 0 Å². The van der Waals surface area contributed by atoms with Gasteiger partial charge in [0.25, 0.3) is 7.37 Å². The Hall–Kier alpha value is -1.92. The second-order valence-electron chi connectivity index (χ2n) is 5.12. The first-order valence-electron chi connectivity index (χ1n) is 6.91. The number of hydrogen-bond acceptors (Lipinski definition) is 4. The number of nitrogens with zero attached hydrogens (tertiary/aromatic N) is 2. The lowest BCUT2D eigenvalue weighted by molar-refractivity contribution is 0.358. The van der Waals surface area contributed by atoms with Gasteiger partial charge in [-0.05, 0) is 37.9 Å². The molecule has 2 aromatic rings. The molecular weight excluding hydrogens is 295 g/mol. The number of rotatable bonds is 5. The van der Waals surface area contributed by atoms with Crippen LogP contribution >= 0.6 is 7.37 Å². The Labute approximate surface area is 131 Å². The highest BCUT2D eigenvalue weighted by Gasteiger charge is 2.32. The first-order chi connectivity index (χ1) is 10.5. The third kappa shape index (κ3) is 2.98. The van der Waals surface area contributed by atoms with Crippen LogP contribution in [0.25, 0.3) is 0 Å². The predicted octanol–water partition coefficient (Wildman–Crippen LogP) is 2.69. The van der Waals surface area contributed by atoms with Crippen molar-refractivity contribution in [3.63, 3.8) is 0 Å². The SMILES string of the molecule is COP(=O)(c1ccccc1)c1ccccc1C(C#N)N(C)C. The highest BCUT2D eigenvalue weighted by Crippen LogP contribution is 2.45. The third-order valence-corrected chi connectivity index (χ3v) is 6.07. The van der Waals surface area contributed by atoms with Crippen molar-refractivity contribution in [3.8, 4) is 6.07 Å². The van der Waals surface area contributed by atoms with E-state index in [1.807, 2.05) is 50.5 Å². The fourth-order valence-corrected chi connectivity index (χ4v) is 4.49. The summed E-state index contributed by atoms with van der Waals surface area (Å²) in [5, 5.41) is 10.7. The Morgan fingerprint density at radius 3 is 2.23 bits per heavy atom. The van der Waals surface area contributed by atoms with Gasteiger partial charge < -0.3 is 4.52 Å². The molecule has 2 rings (SSSR count). The van der Waals surface area contributed by atoms with Crippen molar-refractivity contribution in [1.82, 2.24) is 4.90 Å². The summed E-state index contributed by atoms with van der Waals surface area (Å²) in [6.45, 7) is 0. The van der Waals surface area contributed by atoms with Crippen LogP contribution in [0.3, 0.4) is 0 Å². The molecule has 2 unspecified atom stereocenters. The molecule has 0 fully saturated rings. The monoisotopic (exact) mass is 314 g/mol. The molecule has 4 nitrogen and oxygen atoms in total. The van der Waals surface area contributed by atoms with E-state index in [1.165, 1.54) is 7.11 Å². The van der Waals surface area contributed by atoms with E-state index < -0.39 is 13.4 Å². The minimum atomic E-state index is -3.23. The van der Waals surface area contributed by atoms with Crippen molar-refractivity contribution >= 4 is 18.0 Å². The van der Waals surface area contributed by atoms with E-state index in [-0.39, 0.29) is 0 Å². The zero-order chi connectivity index (χ0) is 16.2. The molecule has 0 radical (unpaired) electrons. The van der Waals surface area contributed by atoms with Gasteiger partial charge in [0.05, 0.1) is 6.07 Å². The standard InChI is InChI=1S/C17H19N2O2P/c1-19(2)16(13-18)15-11-7-8-12-17(15)22(20,21-3)14-9-5-4-6-10-14/h4-12,16H,1-3H3. The molecule has 0 aliphatic carbocycles. The largest absolute Gasteiger partial charge is 0.325 e. The molecule has 2 aromatic carbocycles. The lowest BCUT2D eigenvalue weighted by Gasteiger charge is -2.24. The summed E-state index contributed by atoms with van der Waals surface area (Å²) in [5.74, 6) is 0. The van der Waals surface area contributed by atoms with Gasteiger partial charge in [0, 0.05) is 17.7 Å². The lowest BCUT2D eigenvalue weighted by Crippen LogP contribution is -2.27. The molecule has 22 heavy (non-hydrogen) atoms. The molecule has 0 heterocycles. The molecule has 5 heteroatoms. The van der Waals surface area contributed by atoms with Gasteiger partial charge in [0.15, 0.2) is 0 Å². The van der Waals surface area contributed by atoms with Gasteiger partial charge in [-0.25, -0.2) is 0 Å². The van der Waals surface area contributed by atoms with E-state index in [2.05, 4.69) is 6.07 Å². The first kappa shape index (κ1) is 16.5. The fraction of sp³-hybridized carbons (Fsp3) is 0.235. The maximum absolute atomic E-state index is 13.5. The molecule has 0 aromatic heterocycles. The third-order valence-electron chi connectivity index (χ3n) is 3.54. The van der Waals surface area contributed by atoms with E-state index >= 15 is 0 Å². The molecule has 0 amide bonds. The van der Waals surface area contributed by atoms with Gasteiger partial charge in [-0.15, -0.1) is 0 Å². The normalized spacial score (nSPS) is 15.0. The minimum Gasteiger partial charge on any atom is -0.325 e. The van der Waals surface area contributed by atoms with Crippen LogP contribution in [0.5, 0.6) is 0 Å². The van der Waals surface area contributed by atoms with Crippen molar-refractivity contribution in [2.75, 3.05) is 21.2 Å². The van der Waals surface area contributed by atoms with Crippen molar-refractivity contribution < 1.29 is 9.09 Å². The molecule has 0 aliphatic heterocycles. The Kier molecular flexibility index (Phi) is 5.15. The van der Waals surface area contributed by atoms with Gasteiger partial charge >= 0.3 is 0 Å². The van der Waals surface area contributed by atoms with E-state index in [4.69, 9.17) is 4.52 Å². The molecule has 0 saturated heterocycles. The summed E-state index contributed by atoms with van der Waals surface area (Å²) in [6.07, 6.45) is 0. The summed E-state index contributed by atoms with van der Waals surface area (Å²) in [5.41, 5.74) is 0.712. The van der Waals surface area contributed by atoms with Crippen LogP contribution in [-0.4, -0.2) is 26.1 Å². The first-order valence-corrected chi connectivity index (χ1v) is 8.54. The average Bonchev–Trinajstić information content (AvgIpc) is 2.56. The number of nitriles is 1. The van der Waals surface area contributed by atoms with Crippen molar-refractivity contribution in [2.24, 2.45) is 0 Å². The van der Waals surface area contributed by atoms with Gasteiger partial charge in [0.2, 0.25) is 0 Å². The highest BCUT2D eigenvalue weighted by atomic mass is 31.2. The van der Waals surface area contributed by atoms with Gasteiger partial charge in [-0.3, -0.25) is 9.46 Å². The Bertz CT molecular complexity index is 723. The molecule has 0 bridgehead atoms. The smallest absolute Gasteiger partial charge is 0.261 e. The molecule has 114 valence electrons. The molecule has 0 saturated carbocycles. The zero-order valence-electron chi connectivity index (χ0n) is 12.9. The van der Waals surface area contributed by atoms with Crippen LogP contribution in [0.15, 0.2) is 54.6 Å². The van der Waals surface area contributed by atoms with Crippen LogP contribution in [0, 0.1) is 11.3 Å². The second kappa shape index (κ2) is 6.89. The van der Waals surface area contributed by atoms with E-state index in [9.17, 15) is 9.83 Å². The van der Waals surface area contributed by atoms with Crippen molar-refractivity contribution in [3.05, 3.63) is 60.2 Å². The molecule has 0 N–H and O–H groups in total. The summed E-state index contributed by atoms with van der Waals surface area (Å²) in [4.78, 5) is 1.80. The van der Waals surface area contributed by atoms with Gasteiger partial charge in [-0.1, -0.05) is 36.4 Å². The number of benzene rings is 2. The highest BCUT2D eigenvalue weighted by molar-refractivity contribution is 7.74. The van der Waals surface area contributed by atoms with Crippen LogP contribution in [0.4, 0.5) is 0 Å². The predicted molar refractivity (Wildman–Crippen MR) is 88.8 cm³/mol. The van der Waals surface area contributed by atoms with Crippen LogP contribution in [-0.2, 0) is 9.09 Å². The van der Waals surface area contributed by atoms with Crippen molar-refractivity contribution in [1.29, 1.82) is 5.26 Å². The molecule has 0 spiro atoms. The zero-order valence-corrected chi connectivity index (χ0v) is 13.8. The van der Waals surface area contributed by atoms with Gasteiger partial charge in [-0.2, -0.15) is 5.26 Å². The quantitative estimate of drug-likeness (QED) is 0.796. The van der Waals surface area contributed by atoms with E-state index in [1.54, 1.807) is 23.1 Å². The summed E-state index contributed by atoms with van der Waals surface area (Å²) >= 11 is 0. The van der Waals surface area contributed by atoms with Crippen LogP contribution in [0.1, 0.15) is 11.6 Å². The molecule has 2 atom stereocenters. The van der Waals surface area contributed by atoms with Crippen LogP contribution < -0.4 is 10.6 Å².